The molecule has 162 valence electrons. The monoisotopic (exact) mass is 410 g/mol. The van der Waals surface area contributed by atoms with Crippen LogP contribution in [0.25, 0.3) is 0 Å². The largest absolute Gasteiger partial charge is 0.492 e. The topological polar surface area (TPSA) is 67.4 Å². The van der Waals surface area contributed by atoms with Gasteiger partial charge in [-0.15, -0.1) is 0 Å². The molecule has 0 fully saturated rings. The van der Waals surface area contributed by atoms with E-state index in [-0.39, 0.29) is 29.2 Å². The molecular formula is C25H34N2O3. The number of hydrogen-bond donors (Lipinski definition) is 2. The minimum atomic E-state index is -0.263. The molecule has 0 heterocycles. The molecule has 0 saturated carbocycles. The standard InChI is InChI=1S/C25H34N2O3/c1-24(2,3)19-9-7-18(8-10-19)23(29)27-17-22(28)26-15-16-30-21-13-11-20(12-14-21)25(4,5)6/h7-14H,15-17H2,1-6H3,(H,26,28)(H,27,29). The molecule has 2 amide bonds. The number of amides is 2. The van der Waals surface area contributed by atoms with Crippen LogP contribution in [0, 0.1) is 0 Å². The minimum absolute atomic E-state index is 0.0333. The van der Waals surface area contributed by atoms with Crippen LogP contribution in [-0.2, 0) is 15.6 Å². The smallest absolute Gasteiger partial charge is 0.251 e. The highest BCUT2D eigenvalue weighted by Crippen LogP contribution is 2.24. The molecule has 2 rings (SSSR count). The van der Waals surface area contributed by atoms with E-state index in [0.717, 1.165) is 11.3 Å². The lowest BCUT2D eigenvalue weighted by Gasteiger charge is -2.19. The zero-order chi connectivity index (χ0) is 22.4. The van der Waals surface area contributed by atoms with Crippen molar-refractivity contribution in [3.8, 4) is 5.75 Å². The van der Waals surface area contributed by atoms with E-state index in [9.17, 15) is 9.59 Å². The Kier molecular flexibility index (Phi) is 7.65. The number of benzene rings is 2. The third-order valence-electron chi connectivity index (χ3n) is 4.84. The first kappa shape index (κ1) is 23.5. The molecule has 2 N–H and O–H groups in total. The third-order valence-corrected chi connectivity index (χ3v) is 4.84. The molecule has 2 aromatic rings. The molecule has 0 atom stereocenters. The van der Waals surface area contributed by atoms with Crippen LogP contribution in [-0.4, -0.2) is 31.5 Å². The van der Waals surface area contributed by atoms with Crippen molar-refractivity contribution >= 4 is 11.8 Å². The lowest BCUT2D eigenvalue weighted by atomic mass is 9.87. The van der Waals surface area contributed by atoms with Gasteiger partial charge in [0.15, 0.2) is 0 Å². The van der Waals surface area contributed by atoms with Crippen LogP contribution in [0.5, 0.6) is 5.75 Å². The highest BCUT2D eigenvalue weighted by Gasteiger charge is 2.15. The quantitative estimate of drug-likeness (QED) is 0.672. The summed E-state index contributed by atoms with van der Waals surface area (Å²) in [7, 11) is 0. The summed E-state index contributed by atoms with van der Waals surface area (Å²) in [5, 5.41) is 5.39. The van der Waals surface area contributed by atoms with Crippen LogP contribution in [0.4, 0.5) is 0 Å². The number of hydrogen-bond acceptors (Lipinski definition) is 3. The number of carbonyl (C=O) groups is 2. The van der Waals surface area contributed by atoms with Crippen molar-refractivity contribution in [1.82, 2.24) is 10.6 Å². The number of carbonyl (C=O) groups excluding carboxylic acids is 2. The van der Waals surface area contributed by atoms with Gasteiger partial charge in [0.25, 0.3) is 5.91 Å². The van der Waals surface area contributed by atoms with Crippen LogP contribution in [0.2, 0.25) is 0 Å². The van der Waals surface area contributed by atoms with E-state index in [0.29, 0.717) is 18.7 Å². The lowest BCUT2D eigenvalue weighted by Crippen LogP contribution is -2.38. The summed E-state index contributed by atoms with van der Waals surface area (Å²) < 4.78 is 5.66. The van der Waals surface area contributed by atoms with E-state index < -0.39 is 0 Å². The van der Waals surface area contributed by atoms with Gasteiger partial charge in [0.1, 0.15) is 12.4 Å². The molecular weight excluding hydrogens is 376 g/mol. The van der Waals surface area contributed by atoms with Crippen LogP contribution in [0.15, 0.2) is 48.5 Å². The number of rotatable bonds is 7. The van der Waals surface area contributed by atoms with Crippen LogP contribution < -0.4 is 15.4 Å². The molecule has 0 spiro atoms. The summed E-state index contributed by atoms with van der Waals surface area (Å²) in [6, 6.07) is 15.4. The van der Waals surface area contributed by atoms with Crippen LogP contribution in [0.1, 0.15) is 63.0 Å². The van der Waals surface area contributed by atoms with Crippen molar-refractivity contribution in [2.24, 2.45) is 0 Å². The molecule has 0 aliphatic carbocycles. The average molecular weight is 411 g/mol. The lowest BCUT2D eigenvalue weighted by molar-refractivity contribution is -0.120. The van der Waals surface area contributed by atoms with E-state index in [2.05, 4.69) is 64.3 Å². The van der Waals surface area contributed by atoms with Gasteiger partial charge in [-0.25, -0.2) is 0 Å². The molecule has 0 bridgehead atoms. The highest BCUT2D eigenvalue weighted by molar-refractivity contribution is 5.96. The molecule has 0 radical (unpaired) electrons. The Bertz CT molecular complexity index is 842. The van der Waals surface area contributed by atoms with Gasteiger partial charge in [0.05, 0.1) is 13.1 Å². The Hall–Kier alpha value is -2.82. The van der Waals surface area contributed by atoms with E-state index in [1.807, 2.05) is 24.3 Å². The van der Waals surface area contributed by atoms with Gasteiger partial charge in [0.2, 0.25) is 5.91 Å². The fraction of sp³-hybridized carbons (Fsp3) is 0.440. The van der Waals surface area contributed by atoms with Crippen molar-refractivity contribution in [1.29, 1.82) is 0 Å². The zero-order valence-electron chi connectivity index (χ0n) is 19.0. The molecule has 0 aliphatic heterocycles. The van der Waals surface area contributed by atoms with Crippen molar-refractivity contribution in [3.05, 3.63) is 65.2 Å². The molecule has 5 heteroatoms. The number of ether oxygens (including phenoxy) is 1. The highest BCUT2D eigenvalue weighted by atomic mass is 16.5. The fourth-order valence-corrected chi connectivity index (χ4v) is 2.86. The van der Waals surface area contributed by atoms with Crippen molar-refractivity contribution in [2.45, 2.75) is 52.4 Å². The zero-order valence-corrected chi connectivity index (χ0v) is 19.0. The molecule has 30 heavy (non-hydrogen) atoms. The maximum Gasteiger partial charge on any atom is 0.251 e. The van der Waals surface area contributed by atoms with E-state index in [4.69, 9.17) is 4.74 Å². The fourth-order valence-electron chi connectivity index (χ4n) is 2.86. The molecule has 0 aromatic heterocycles. The van der Waals surface area contributed by atoms with Gasteiger partial charge in [-0.05, 0) is 46.2 Å². The first-order chi connectivity index (χ1) is 14.0. The maximum absolute atomic E-state index is 12.2. The Morgan fingerprint density at radius 3 is 1.77 bits per heavy atom. The van der Waals surface area contributed by atoms with Gasteiger partial charge >= 0.3 is 0 Å². The molecule has 2 aromatic carbocycles. The summed E-state index contributed by atoms with van der Waals surface area (Å²) >= 11 is 0. The normalized spacial score (nSPS) is 11.7. The molecule has 0 unspecified atom stereocenters. The van der Waals surface area contributed by atoms with Gasteiger partial charge in [-0.1, -0.05) is 65.8 Å². The predicted molar refractivity (Wildman–Crippen MR) is 121 cm³/mol. The first-order valence-corrected chi connectivity index (χ1v) is 10.4. The average Bonchev–Trinajstić information content (AvgIpc) is 2.68. The Labute approximate surface area is 180 Å². The summed E-state index contributed by atoms with van der Waals surface area (Å²) in [5.74, 6) is 0.256. The second-order valence-electron chi connectivity index (χ2n) is 9.48. The van der Waals surface area contributed by atoms with Gasteiger partial charge in [-0.2, -0.15) is 0 Å². The predicted octanol–water partition coefficient (Wildman–Crippen LogP) is 4.21. The Balaban J connectivity index is 1.69. The number of nitrogens with one attached hydrogen (secondary N) is 2. The SMILES string of the molecule is CC(C)(C)c1ccc(OCCNC(=O)CNC(=O)c2ccc(C(C)(C)C)cc2)cc1. The van der Waals surface area contributed by atoms with E-state index in [1.165, 1.54) is 5.56 Å². The van der Waals surface area contributed by atoms with Crippen LogP contribution >= 0.6 is 0 Å². The second kappa shape index (κ2) is 9.79. The second-order valence-corrected chi connectivity index (χ2v) is 9.48. The van der Waals surface area contributed by atoms with Gasteiger partial charge < -0.3 is 15.4 Å². The van der Waals surface area contributed by atoms with E-state index in [1.54, 1.807) is 12.1 Å². The molecule has 0 saturated heterocycles. The maximum atomic E-state index is 12.2. The summed E-state index contributed by atoms with van der Waals surface area (Å²) in [5.41, 5.74) is 3.08. The first-order valence-electron chi connectivity index (χ1n) is 10.4. The molecule has 5 nitrogen and oxygen atoms in total. The summed E-state index contributed by atoms with van der Waals surface area (Å²) in [6.45, 7) is 13.5. The minimum Gasteiger partial charge on any atom is -0.492 e. The van der Waals surface area contributed by atoms with Crippen molar-refractivity contribution in [2.75, 3.05) is 19.7 Å². The van der Waals surface area contributed by atoms with Gasteiger partial charge in [-0.3, -0.25) is 9.59 Å². The van der Waals surface area contributed by atoms with Crippen LogP contribution in [0.3, 0.4) is 0 Å². The van der Waals surface area contributed by atoms with E-state index >= 15 is 0 Å². The van der Waals surface area contributed by atoms with Gasteiger partial charge in [0, 0.05) is 5.56 Å². The third kappa shape index (κ3) is 7.21. The van der Waals surface area contributed by atoms with Crippen molar-refractivity contribution < 1.29 is 14.3 Å². The Morgan fingerprint density at radius 2 is 1.27 bits per heavy atom. The van der Waals surface area contributed by atoms with Crippen molar-refractivity contribution in [3.63, 3.8) is 0 Å². The molecule has 0 aliphatic rings. The Morgan fingerprint density at radius 1 is 0.767 bits per heavy atom. The summed E-state index contributed by atoms with van der Waals surface area (Å²) in [4.78, 5) is 24.2. The summed E-state index contributed by atoms with van der Waals surface area (Å²) in [6.07, 6.45) is 0.